The number of pyridine rings is 1. The van der Waals surface area contributed by atoms with Crippen LogP contribution in [0.2, 0.25) is 10.0 Å². The average molecular weight is 315 g/mol. The van der Waals surface area contributed by atoms with Gasteiger partial charge in [0.15, 0.2) is 0 Å². The van der Waals surface area contributed by atoms with Crippen molar-refractivity contribution in [2.45, 2.75) is 9.92 Å². The lowest BCUT2D eigenvalue weighted by atomic mass is 10.2. The molecule has 0 aliphatic rings. The quantitative estimate of drug-likeness (QED) is 0.842. The molecule has 0 fully saturated rings. The minimum atomic E-state index is -1.09. The fourth-order valence-corrected chi connectivity index (χ4v) is 2.72. The van der Waals surface area contributed by atoms with Gasteiger partial charge in [0.25, 0.3) is 0 Å². The Kier molecular flexibility index (Phi) is 4.19. The highest BCUT2D eigenvalue weighted by molar-refractivity contribution is 7.99. The van der Waals surface area contributed by atoms with Crippen molar-refractivity contribution in [1.29, 1.82) is 0 Å². The molecule has 4 nitrogen and oxygen atoms in total. The van der Waals surface area contributed by atoms with Crippen LogP contribution in [0.1, 0.15) is 10.4 Å². The van der Waals surface area contributed by atoms with Crippen molar-refractivity contribution in [3.63, 3.8) is 0 Å². The van der Waals surface area contributed by atoms with Gasteiger partial charge in [0, 0.05) is 16.8 Å². The third-order valence-corrected chi connectivity index (χ3v) is 3.93. The number of halogens is 2. The van der Waals surface area contributed by atoms with E-state index in [0.717, 1.165) is 11.8 Å². The monoisotopic (exact) mass is 314 g/mol. The molecule has 0 spiro atoms. The number of hydrogen-bond acceptors (Lipinski definition) is 4. The summed E-state index contributed by atoms with van der Waals surface area (Å²) in [5.74, 6) is -1.09. The summed E-state index contributed by atoms with van der Waals surface area (Å²) in [7, 11) is 0. The lowest BCUT2D eigenvalue weighted by molar-refractivity contribution is 0.0693. The molecule has 0 unspecified atom stereocenters. The third kappa shape index (κ3) is 3.32. The molecule has 0 bridgehead atoms. The minimum absolute atomic E-state index is 0.0479. The van der Waals surface area contributed by atoms with Gasteiger partial charge in [-0.05, 0) is 24.3 Å². The molecule has 0 atom stereocenters. The third-order valence-electron chi connectivity index (χ3n) is 2.20. The molecule has 1 aromatic carbocycles. The number of aromatic carboxylic acids is 1. The standard InChI is InChI=1S/C12H8Cl2N2O2S/c13-6-1-2-10(16-5-6)19-11-8(12(17)18)3-7(15)4-9(11)14/h1-5H,15H2,(H,17,18). The number of carboxylic acid groups (broad SMARTS) is 1. The van der Waals surface area contributed by atoms with E-state index < -0.39 is 5.97 Å². The van der Waals surface area contributed by atoms with Crippen LogP contribution in [0.4, 0.5) is 5.69 Å². The summed E-state index contributed by atoms with van der Waals surface area (Å²) in [4.78, 5) is 15.7. The zero-order valence-electron chi connectivity index (χ0n) is 9.43. The highest BCUT2D eigenvalue weighted by Gasteiger charge is 2.16. The second-order valence-corrected chi connectivity index (χ2v) is 5.48. The van der Waals surface area contributed by atoms with Crippen molar-refractivity contribution in [2.24, 2.45) is 0 Å². The van der Waals surface area contributed by atoms with Crippen molar-refractivity contribution >= 4 is 46.6 Å². The van der Waals surface area contributed by atoms with Crippen LogP contribution in [-0.4, -0.2) is 16.1 Å². The van der Waals surface area contributed by atoms with Gasteiger partial charge >= 0.3 is 5.97 Å². The summed E-state index contributed by atoms with van der Waals surface area (Å²) in [6.07, 6.45) is 1.48. The van der Waals surface area contributed by atoms with Gasteiger partial charge in [0.05, 0.1) is 15.6 Å². The number of nitrogens with zero attached hydrogens (tertiary/aromatic N) is 1. The second kappa shape index (κ2) is 5.69. The van der Waals surface area contributed by atoms with Crippen LogP contribution >= 0.6 is 35.0 Å². The van der Waals surface area contributed by atoms with Crippen molar-refractivity contribution in [1.82, 2.24) is 4.98 Å². The molecule has 0 saturated heterocycles. The van der Waals surface area contributed by atoms with Crippen LogP contribution in [0.15, 0.2) is 40.4 Å². The maximum atomic E-state index is 11.2. The first-order chi connectivity index (χ1) is 8.97. The number of carbonyl (C=O) groups is 1. The highest BCUT2D eigenvalue weighted by Crippen LogP contribution is 2.37. The Labute approximate surface area is 123 Å². The molecule has 2 aromatic rings. The van der Waals surface area contributed by atoms with Gasteiger partial charge in [-0.1, -0.05) is 35.0 Å². The number of benzene rings is 1. The summed E-state index contributed by atoms with van der Waals surface area (Å²) in [6.45, 7) is 0. The molecule has 98 valence electrons. The molecule has 19 heavy (non-hydrogen) atoms. The topological polar surface area (TPSA) is 76.2 Å². The number of carboxylic acids is 1. The van der Waals surface area contributed by atoms with E-state index in [0.29, 0.717) is 20.6 Å². The number of anilines is 1. The van der Waals surface area contributed by atoms with Gasteiger partial charge in [0.2, 0.25) is 0 Å². The number of aromatic nitrogens is 1. The lowest BCUT2D eigenvalue weighted by Crippen LogP contribution is -2.01. The van der Waals surface area contributed by atoms with Gasteiger partial charge in [-0.15, -0.1) is 0 Å². The molecule has 3 N–H and O–H groups in total. The van der Waals surface area contributed by atoms with Crippen molar-refractivity contribution in [3.05, 3.63) is 46.1 Å². The molecule has 0 amide bonds. The van der Waals surface area contributed by atoms with Crippen LogP contribution in [0.25, 0.3) is 0 Å². The number of rotatable bonds is 3. The number of nitrogen functional groups attached to an aromatic ring is 1. The Morgan fingerprint density at radius 1 is 1.32 bits per heavy atom. The zero-order valence-corrected chi connectivity index (χ0v) is 11.8. The predicted molar refractivity (Wildman–Crippen MR) is 76.2 cm³/mol. The van der Waals surface area contributed by atoms with Crippen LogP contribution in [0, 0.1) is 0 Å². The number of nitrogens with two attached hydrogens (primary N) is 1. The molecule has 0 saturated carbocycles. The Bertz CT molecular complexity index is 632. The molecule has 1 heterocycles. The molecule has 0 aliphatic carbocycles. The summed E-state index contributed by atoms with van der Waals surface area (Å²) >= 11 is 12.9. The van der Waals surface area contributed by atoms with Gasteiger partial charge in [-0.2, -0.15) is 0 Å². The van der Waals surface area contributed by atoms with Crippen molar-refractivity contribution in [2.75, 3.05) is 5.73 Å². The van der Waals surface area contributed by atoms with E-state index in [1.54, 1.807) is 12.1 Å². The molecular weight excluding hydrogens is 307 g/mol. The van der Waals surface area contributed by atoms with E-state index in [1.165, 1.54) is 18.3 Å². The molecular formula is C12H8Cl2N2O2S. The Morgan fingerprint density at radius 2 is 2.05 bits per heavy atom. The van der Waals surface area contributed by atoms with Crippen LogP contribution in [-0.2, 0) is 0 Å². The molecule has 0 radical (unpaired) electrons. The van der Waals surface area contributed by atoms with E-state index in [-0.39, 0.29) is 10.6 Å². The van der Waals surface area contributed by atoms with Gasteiger partial charge in [0.1, 0.15) is 5.03 Å². The summed E-state index contributed by atoms with van der Waals surface area (Å²) in [5, 5.41) is 10.5. The summed E-state index contributed by atoms with van der Waals surface area (Å²) < 4.78 is 0. The molecule has 7 heteroatoms. The summed E-state index contributed by atoms with van der Waals surface area (Å²) in [6, 6.07) is 6.23. The zero-order chi connectivity index (χ0) is 14.0. The predicted octanol–water partition coefficient (Wildman–Crippen LogP) is 3.82. The number of hydrogen-bond donors (Lipinski definition) is 2. The molecule has 1 aromatic heterocycles. The van der Waals surface area contributed by atoms with Crippen LogP contribution in [0.3, 0.4) is 0 Å². The van der Waals surface area contributed by atoms with E-state index in [9.17, 15) is 4.79 Å². The van der Waals surface area contributed by atoms with Gasteiger partial charge < -0.3 is 10.8 Å². The SMILES string of the molecule is Nc1cc(Cl)c(Sc2ccc(Cl)cn2)c(C(=O)O)c1. The molecule has 0 aliphatic heterocycles. The van der Waals surface area contributed by atoms with Crippen LogP contribution in [0.5, 0.6) is 0 Å². The first-order valence-electron chi connectivity index (χ1n) is 5.09. The first kappa shape index (κ1) is 14.0. The van der Waals surface area contributed by atoms with E-state index in [2.05, 4.69) is 4.98 Å². The second-order valence-electron chi connectivity index (χ2n) is 3.60. The van der Waals surface area contributed by atoms with Gasteiger partial charge in [-0.3, -0.25) is 0 Å². The lowest BCUT2D eigenvalue weighted by Gasteiger charge is -2.09. The van der Waals surface area contributed by atoms with E-state index >= 15 is 0 Å². The maximum Gasteiger partial charge on any atom is 0.336 e. The summed E-state index contributed by atoms with van der Waals surface area (Å²) in [5.41, 5.74) is 5.94. The van der Waals surface area contributed by atoms with Gasteiger partial charge in [-0.25, -0.2) is 9.78 Å². The maximum absolute atomic E-state index is 11.2. The van der Waals surface area contributed by atoms with E-state index in [4.69, 9.17) is 34.0 Å². The van der Waals surface area contributed by atoms with Crippen molar-refractivity contribution < 1.29 is 9.90 Å². The average Bonchev–Trinajstić information content (AvgIpc) is 2.34. The van der Waals surface area contributed by atoms with Crippen molar-refractivity contribution in [3.8, 4) is 0 Å². The molecule has 2 rings (SSSR count). The smallest absolute Gasteiger partial charge is 0.336 e. The fourth-order valence-electron chi connectivity index (χ4n) is 1.40. The van der Waals surface area contributed by atoms with Crippen LogP contribution < -0.4 is 5.73 Å². The fraction of sp³-hybridized carbons (Fsp3) is 0. The first-order valence-corrected chi connectivity index (χ1v) is 6.66. The largest absolute Gasteiger partial charge is 0.478 e. The van der Waals surface area contributed by atoms with E-state index in [1.807, 2.05) is 0 Å². The highest BCUT2D eigenvalue weighted by atomic mass is 35.5. The Morgan fingerprint density at radius 3 is 2.63 bits per heavy atom. The Hall–Kier alpha value is -1.43. The minimum Gasteiger partial charge on any atom is -0.478 e. The Balaban J connectivity index is 2.44. The normalized spacial score (nSPS) is 10.4.